The second-order valence-electron chi connectivity index (χ2n) is 7.10. The quantitative estimate of drug-likeness (QED) is 0.455. The van der Waals surface area contributed by atoms with E-state index < -0.39 is 0 Å². The summed E-state index contributed by atoms with van der Waals surface area (Å²) in [5.41, 5.74) is 0. The third kappa shape index (κ3) is 6.13. The Kier molecular flexibility index (Phi) is 7.53. The van der Waals surface area contributed by atoms with E-state index in [1.165, 1.54) is 25.7 Å². The predicted octanol–water partition coefficient (Wildman–Crippen LogP) is 3.08. The number of aromatic nitrogens is 2. The van der Waals surface area contributed by atoms with Gasteiger partial charge in [0.05, 0.1) is 0 Å². The van der Waals surface area contributed by atoms with E-state index in [-0.39, 0.29) is 0 Å². The van der Waals surface area contributed by atoms with Gasteiger partial charge in [-0.3, -0.25) is 4.99 Å². The lowest BCUT2D eigenvalue weighted by Gasteiger charge is -2.32. The van der Waals surface area contributed by atoms with Crippen molar-refractivity contribution in [1.29, 1.82) is 0 Å². The number of aryl methyl sites for hydroxylation is 2. The molecule has 0 spiro atoms. The SMILES string of the molecule is CCNC(=NCCCc1nc(C)no1)NC1CCC(C(C)C)CC1. The molecular formula is C18H33N5O. The maximum Gasteiger partial charge on any atom is 0.226 e. The molecule has 2 N–H and O–H groups in total. The lowest BCUT2D eigenvalue weighted by atomic mass is 9.80. The summed E-state index contributed by atoms with van der Waals surface area (Å²) in [6.07, 6.45) is 6.83. The molecule has 0 aromatic carbocycles. The largest absolute Gasteiger partial charge is 0.357 e. The van der Waals surface area contributed by atoms with Gasteiger partial charge in [0.1, 0.15) is 0 Å². The van der Waals surface area contributed by atoms with Crippen LogP contribution < -0.4 is 10.6 Å². The highest BCUT2D eigenvalue weighted by Gasteiger charge is 2.23. The van der Waals surface area contributed by atoms with Crippen LogP contribution in [0.4, 0.5) is 0 Å². The molecule has 1 aromatic rings. The maximum absolute atomic E-state index is 5.13. The van der Waals surface area contributed by atoms with E-state index in [4.69, 9.17) is 4.52 Å². The number of aliphatic imine (C=N–C) groups is 1. The van der Waals surface area contributed by atoms with Gasteiger partial charge in [-0.25, -0.2) is 0 Å². The average Bonchev–Trinajstić information content (AvgIpc) is 2.97. The van der Waals surface area contributed by atoms with Gasteiger partial charge in [0.2, 0.25) is 5.89 Å². The Morgan fingerprint density at radius 3 is 2.62 bits per heavy atom. The number of rotatable bonds is 7. The Hall–Kier alpha value is -1.59. The number of nitrogens with zero attached hydrogens (tertiary/aromatic N) is 3. The summed E-state index contributed by atoms with van der Waals surface area (Å²) in [6, 6.07) is 0.552. The summed E-state index contributed by atoms with van der Waals surface area (Å²) >= 11 is 0. The maximum atomic E-state index is 5.13. The molecule has 1 fully saturated rings. The molecule has 6 heteroatoms. The second kappa shape index (κ2) is 9.64. The van der Waals surface area contributed by atoms with E-state index in [9.17, 15) is 0 Å². The first-order valence-corrected chi connectivity index (χ1v) is 9.42. The molecular weight excluding hydrogens is 302 g/mol. The zero-order chi connectivity index (χ0) is 17.4. The first-order valence-electron chi connectivity index (χ1n) is 9.42. The second-order valence-corrected chi connectivity index (χ2v) is 7.10. The summed E-state index contributed by atoms with van der Waals surface area (Å²) < 4.78 is 5.13. The van der Waals surface area contributed by atoms with Crippen molar-refractivity contribution in [1.82, 2.24) is 20.8 Å². The van der Waals surface area contributed by atoms with Gasteiger partial charge in [-0.1, -0.05) is 19.0 Å². The van der Waals surface area contributed by atoms with Gasteiger partial charge in [-0.2, -0.15) is 4.98 Å². The smallest absolute Gasteiger partial charge is 0.226 e. The predicted molar refractivity (Wildman–Crippen MR) is 97.1 cm³/mol. The van der Waals surface area contributed by atoms with E-state index in [1.54, 1.807) is 0 Å². The number of hydrogen-bond donors (Lipinski definition) is 2. The summed E-state index contributed by atoms with van der Waals surface area (Å²) in [4.78, 5) is 8.91. The van der Waals surface area contributed by atoms with Gasteiger partial charge >= 0.3 is 0 Å². The molecule has 136 valence electrons. The van der Waals surface area contributed by atoms with E-state index in [1.807, 2.05) is 6.92 Å². The van der Waals surface area contributed by atoms with Crippen LogP contribution in [-0.2, 0) is 6.42 Å². The lowest BCUT2D eigenvalue weighted by molar-refractivity contribution is 0.250. The molecule has 24 heavy (non-hydrogen) atoms. The van der Waals surface area contributed by atoms with E-state index in [2.05, 4.69) is 46.5 Å². The number of nitrogens with one attached hydrogen (secondary N) is 2. The summed E-state index contributed by atoms with van der Waals surface area (Å²) in [7, 11) is 0. The van der Waals surface area contributed by atoms with E-state index in [0.717, 1.165) is 43.7 Å². The van der Waals surface area contributed by atoms with Gasteiger partial charge in [0.25, 0.3) is 0 Å². The standard InChI is InChI=1S/C18H33N5O/c1-5-19-18(20-12-6-7-17-21-14(4)23-24-17)22-16-10-8-15(9-11-16)13(2)3/h13,15-16H,5-12H2,1-4H3,(H2,19,20,22). The molecule has 1 aliphatic carbocycles. The number of hydrogen-bond acceptors (Lipinski definition) is 4. The monoisotopic (exact) mass is 335 g/mol. The highest BCUT2D eigenvalue weighted by atomic mass is 16.5. The van der Waals surface area contributed by atoms with E-state index in [0.29, 0.717) is 17.8 Å². The van der Waals surface area contributed by atoms with Crippen LogP contribution in [0.5, 0.6) is 0 Å². The average molecular weight is 335 g/mol. The first kappa shape index (κ1) is 18.7. The van der Waals surface area contributed by atoms with Crippen molar-refractivity contribution in [3.63, 3.8) is 0 Å². The summed E-state index contributed by atoms with van der Waals surface area (Å²) in [5.74, 6) is 4.03. The van der Waals surface area contributed by atoms with Gasteiger partial charge in [0.15, 0.2) is 11.8 Å². The van der Waals surface area contributed by atoms with Crippen molar-refractivity contribution in [2.45, 2.75) is 72.3 Å². The lowest BCUT2D eigenvalue weighted by Crippen LogP contribution is -2.45. The van der Waals surface area contributed by atoms with Crippen molar-refractivity contribution in [2.75, 3.05) is 13.1 Å². The highest BCUT2D eigenvalue weighted by Crippen LogP contribution is 2.29. The van der Waals surface area contributed by atoms with Crippen LogP contribution in [0.25, 0.3) is 0 Å². The minimum Gasteiger partial charge on any atom is -0.357 e. The van der Waals surface area contributed by atoms with Crippen LogP contribution in [0, 0.1) is 18.8 Å². The summed E-state index contributed by atoms with van der Waals surface area (Å²) in [6.45, 7) is 10.3. The van der Waals surface area contributed by atoms with E-state index >= 15 is 0 Å². The highest BCUT2D eigenvalue weighted by molar-refractivity contribution is 5.80. The molecule has 0 unspecified atom stereocenters. The van der Waals surface area contributed by atoms with Crippen LogP contribution >= 0.6 is 0 Å². The molecule has 0 radical (unpaired) electrons. The van der Waals surface area contributed by atoms with Crippen LogP contribution in [0.1, 0.15) is 64.6 Å². The normalized spacial score (nSPS) is 22.0. The zero-order valence-corrected chi connectivity index (χ0v) is 15.6. The van der Waals surface area contributed by atoms with Gasteiger partial charge in [-0.05, 0) is 57.8 Å². The Labute approximate surface area is 145 Å². The molecule has 0 amide bonds. The zero-order valence-electron chi connectivity index (χ0n) is 15.6. The van der Waals surface area contributed by atoms with Crippen molar-refractivity contribution in [3.05, 3.63) is 11.7 Å². The van der Waals surface area contributed by atoms with Crippen molar-refractivity contribution in [2.24, 2.45) is 16.8 Å². The third-order valence-corrected chi connectivity index (χ3v) is 4.79. The fourth-order valence-corrected chi connectivity index (χ4v) is 3.31. The molecule has 6 nitrogen and oxygen atoms in total. The number of guanidine groups is 1. The van der Waals surface area contributed by atoms with Crippen LogP contribution in [0.15, 0.2) is 9.52 Å². The van der Waals surface area contributed by atoms with Gasteiger partial charge < -0.3 is 15.2 Å². The topological polar surface area (TPSA) is 75.3 Å². The van der Waals surface area contributed by atoms with Crippen molar-refractivity contribution >= 4 is 5.96 Å². The molecule has 1 saturated carbocycles. The van der Waals surface area contributed by atoms with Crippen LogP contribution in [0.3, 0.4) is 0 Å². The Bertz CT molecular complexity index is 503. The Morgan fingerprint density at radius 2 is 2.04 bits per heavy atom. The van der Waals surface area contributed by atoms with Crippen molar-refractivity contribution < 1.29 is 4.52 Å². The van der Waals surface area contributed by atoms with Gasteiger partial charge in [-0.15, -0.1) is 0 Å². The molecule has 0 bridgehead atoms. The third-order valence-electron chi connectivity index (χ3n) is 4.79. The molecule has 0 atom stereocenters. The minimum atomic E-state index is 0.552. The molecule has 1 aromatic heterocycles. The van der Waals surface area contributed by atoms with Crippen LogP contribution in [-0.4, -0.2) is 35.2 Å². The Morgan fingerprint density at radius 1 is 1.29 bits per heavy atom. The minimum absolute atomic E-state index is 0.552. The molecule has 1 aliphatic rings. The molecule has 0 aliphatic heterocycles. The van der Waals surface area contributed by atoms with Crippen molar-refractivity contribution in [3.8, 4) is 0 Å². The molecule has 2 rings (SSSR count). The van der Waals surface area contributed by atoms with Crippen LogP contribution in [0.2, 0.25) is 0 Å². The fourth-order valence-electron chi connectivity index (χ4n) is 3.31. The fraction of sp³-hybridized carbons (Fsp3) is 0.833. The van der Waals surface area contributed by atoms with Gasteiger partial charge in [0, 0.05) is 25.6 Å². The molecule has 0 saturated heterocycles. The Balaban J connectivity index is 1.74. The summed E-state index contributed by atoms with van der Waals surface area (Å²) in [5, 5.41) is 10.8. The molecule has 1 heterocycles. The first-order chi connectivity index (χ1) is 11.6.